The molecular formula is C12H5F5Se. The van der Waals surface area contributed by atoms with Gasteiger partial charge in [-0.1, -0.05) is 0 Å². The van der Waals surface area contributed by atoms with Crippen molar-refractivity contribution < 1.29 is 22.0 Å². The molecule has 0 unspecified atom stereocenters. The maximum atomic E-state index is 13.4. The first-order chi connectivity index (χ1) is 8.52. The fraction of sp³-hybridized carbons (Fsp3) is 0. The van der Waals surface area contributed by atoms with Gasteiger partial charge in [0, 0.05) is 0 Å². The summed E-state index contributed by atoms with van der Waals surface area (Å²) in [5, 5.41) is 0. The molecule has 0 amide bonds. The van der Waals surface area contributed by atoms with Crippen LogP contribution < -0.4 is 8.92 Å². The molecular weight excluding hydrogens is 318 g/mol. The van der Waals surface area contributed by atoms with Gasteiger partial charge in [0.25, 0.3) is 0 Å². The van der Waals surface area contributed by atoms with Crippen molar-refractivity contribution in [1.29, 1.82) is 0 Å². The van der Waals surface area contributed by atoms with E-state index >= 15 is 0 Å². The third kappa shape index (κ3) is 2.26. The Labute approximate surface area is 106 Å². The Morgan fingerprint density at radius 3 is 1.56 bits per heavy atom. The van der Waals surface area contributed by atoms with E-state index in [9.17, 15) is 22.0 Å². The summed E-state index contributed by atoms with van der Waals surface area (Å²) in [5.74, 6) is -9.44. The molecule has 0 aromatic heterocycles. The molecule has 2 rings (SSSR count). The number of benzene rings is 2. The zero-order chi connectivity index (χ0) is 13.3. The van der Waals surface area contributed by atoms with E-state index in [4.69, 9.17) is 0 Å². The van der Waals surface area contributed by atoms with Crippen molar-refractivity contribution in [2.24, 2.45) is 0 Å². The average Bonchev–Trinajstić information content (AvgIpc) is 2.40. The summed E-state index contributed by atoms with van der Waals surface area (Å²) in [7, 11) is 0. The zero-order valence-corrected chi connectivity index (χ0v) is 10.4. The first-order valence-electron chi connectivity index (χ1n) is 4.76. The molecule has 2 aromatic rings. The van der Waals surface area contributed by atoms with Crippen molar-refractivity contribution in [3.8, 4) is 0 Å². The van der Waals surface area contributed by atoms with Gasteiger partial charge in [-0.15, -0.1) is 0 Å². The molecule has 0 heterocycles. The van der Waals surface area contributed by atoms with E-state index in [0.29, 0.717) is 4.46 Å². The first-order valence-corrected chi connectivity index (χ1v) is 6.48. The second-order valence-corrected chi connectivity index (χ2v) is 5.59. The fourth-order valence-electron chi connectivity index (χ4n) is 1.28. The van der Waals surface area contributed by atoms with E-state index < -0.39 is 48.5 Å². The second kappa shape index (κ2) is 5.08. The summed E-state index contributed by atoms with van der Waals surface area (Å²) in [5.41, 5.74) is 0. The van der Waals surface area contributed by atoms with Crippen LogP contribution >= 0.6 is 0 Å². The van der Waals surface area contributed by atoms with Gasteiger partial charge in [-0.3, -0.25) is 0 Å². The average molecular weight is 323 g/mol. The molecule has 0 fully saturated rings. The van der Waals surface area contributed by atoms with Gasteiger partial charge < -0.3 is 0 Å². The Bertz CT molecular complexity index is 554. The Morgan fingerprint density at radius 1 is 0.611 bits per heavy atom. The Morgan fingerprint density at radius 2 is 1.06 bits per heavy atom. The van der Waals surface area contributed by atoms with Crippen molar-refractivity contribution in [2.45, 2.75) is 0 Å². The molecule has 0 spiro atoms. The van der Waals surface area contributed by atoms with Crippen molar-refractivity contribution in [2.75, 3.05) is 0 Å². The summed E-state index contributed by atoms with van der Waals surface area (Å²) in [6.45, 7) is 0. The quantitative estimate of drug-likeness (QED) is 0.343. The van der Waals surface area contributed by atoms with Gasteiger partial charge in [0.05, 0.1) is 0 Å². The Balaban J connectivity index is 2.52. The molecule has 2 aromatic carbocycles. The van der Waals surface area contributed by atoms with Gasteiger partial charge in [-0.05, 0) is 0 Å². The third-order valence-corrected chi connectivity index (χ3v) is 4.38. The molecule has 0 aliphatic carbocycles. The van der Waals surface area contributed by atoms with Gasteiger partial charge >= 0.3 is 105 Å². The van der Waals surface area contributed by atoms with Gasteiger partial charge in [-0.2, -0.15) is 0 Å². The van der Waals surface area contributed by atoms with Crippen molar-refractivity contribution in [1.82, 2.24) is 0 Å². The van der Waals surface area contributed by atoms with Crippen molar-refractivity contribution >= 4 is 23.9 Å². The van der Waals surface area contributed by atoms with E-state index in [-0.39, 0.29) is 0 Å². The van der Waals surface area contributed by atoms with E-state index in [1.165, 1.54) is 0 Å². The van der Waals surface area contributed by atoms with E-state index in [1.54, 1.807) is 30.3 Å². The maximum absolute atomic E-state index is 13.4. The first kappa shape index (κ1) is 13.1. The van der Waals surface area contributed by atoms with E-state index in [2.05, 4.69) is 0 Å². The molecule has 0 bridgehead atoms. The molecule has 0 aliphatic rings. The van der Waals surface area contributed by atoms with Gasteiger partial charge in [-0.25, -0.2) is 0 Å². The van der Waals surface area contributed by atoms with Crippen LogP contribution in [0.2, 0.25) is 0 Å². The molecule has 18 heavy (non-hydrogen) atoms. The van der Waals surface area contributed by atoms with Crippen LogP contribution in [0.15, 0.2) is 30.3 Å². The van der Waals surface area contributed by atoms with E-state index in [0.717, 1.165) is 0 Å². The van der Waals surface area contributed by atoms with Crippen LogP contribution in [0.3, 0.4) is 0 Å². The van der Waals surface area contributed by atoms with Crippen LogP contribution in [0, 0.1) is 29.1 Å². The predicted octanol–water partition coefficient (Wildman–Crippen LogP) is 2.04. The SMILES string of the molecule is Fc1c(F)c(F)c([Se]c2ccccc2)c(F)c1F. The van der Waals surface area contributed by atoms with Crippen LogP contribution in [0.1, 0.15) is 0 Å². The minimum absolute atomic E-state index is 0.521. The molecule has 0 N–H and O–H groups in total. The second-order valence-electron chi connectivity index (χ2n) is 3.31. The molecule has 0 atom stereocenters. The standard InChI is InChI=1S/C12H5F5Se/c13-7-8(14)10(16)12(11(17)9(7)15)18-6-4-2-1-3-5-6/h1-5H. The minimum atomic E-state index is -2.13. The van der Waals surface area contributed by atoms with Crippen LogP contribution in [0.25, 0.3) is 0 Å². The molecule has 0 aliphatic heterocycles. The number of hydrogen-bond acceptors (Lipinski definition) is 0. The summed E-state index contributed by atoms with van der Waals surface area (Å²) in [6.07, 6.45) is 0. The van der Waals surface area contributed by atoms with Crippen LogP contribution in [0.4, 0.5) is 22.0 Å². The number of rotatable bonds is 2. The number of halogens is 5. The molecule has 0 radical (unpaired) electrons. The van der Waals surface area contributed by atoms with E-state index in [1.807, 2.05) is 0 Å². The molecule has 0 saturated heterocycles. The molecule has 0 saturated carbocycles. The molecule has 94 valence electrons. The van der Waals surface area contributed by atoms with Crippen LogP contribution in [-0.4, -0.2) is 15.0 Å². The summed E-state index contributed by atoms with van der Waals surface area (Å²) < 4.78 is 65.3. The third-order valence-electron chi connectivity index (χ3n) is 2.13. The van der Waals surface area contributed by atoms with Crippen molar-refractivity contribution in [3.05, 3.63) is 59.4 Å². The normalized spacial score (nSPS) is 10.7. The van der Waals surface area contributed by atoms with Crippen LogP contribution in [0.5, 0.6) is 0 Å². The van der Waals surface area contributed by atoms with Crippen LogP contribution in [-0.2, 0) is 0 Å². The Hall–Kier alpha value is -1.39. The zero-order valence-electron chi connectivity index (χ0n) is 8.68. The summed E-state index contributed by atoms with van der Waals surface area (Å²) >= 11 is -0.981. The predicted molar refractivity (Wildman–Crippen MR) is 57.7 cm³/mol. The summed E-state index contributed by atoms with van der Waals surface area (Å²) in [4.78, 5) is 0. The van der Waals surface area contributed by atoms with Gasteiger partial charge in [0.1, 0.15) is 0 Å². The molecule has 6 heteroatoms. The van der Waals surface area contributed by atoms with Gasteiger partial charge in [0.2, 0.25) is 0 Å². The van der Waals surface area contributed by atoms with Gasteiger partial charge in [0.15, 0.2) is 0 Å². The number of hydrogen-bond donors (Lipinski definition) is 0. The molecule has 0 nitrogen and oxygen atoms in total. The van der Waals surface area contributed by atoms with Crippen molar-refractivity contribution in [3.63, 3.8) is 0 Å². The fourth-order valence-corrected chi connectivity index (χ4v) is 3.14. The summed E-state index contributed by atoms with van der Waals surface area (Å²) in [6, 6.07) is 8.08. The Kier molecular flexibility index (Phi) is 3.68. The monoisotopic (exact) mass is 324 g/mol. The topological polar surface area (TPSA) is 0 Å².